The molecule has 134 valence electrons. The number of carbonyl (C=O) groups is 1. The first kappa shape index (κ1) is 17.5. The highest BCUT2D eigenvalue weighted by molar-refractivity contribution is 5.92. The van der Waals surface area contributed by atoms with Gasteiger partial charge in [0, 0.05) is 44.0 Å². The highest BCUT2D eigenvalue weighted by Gasteiger charge is 2.26. The molecule has 2 heterocycles. The number of hydrogen-bond acceptors (Lipinski definition) is 4. The Kier molecular flexibility index (Phi) is 5.38. The van der Waals surface area contributed by atoms with Crippen molar-refractivity contribution in [3.05, 3.63) is 47.8 Å². The number of likely N-dealkylation sites (N-methyl/N-ethyl adjacent to an activating group) is 1. The van der Waals surface area contributed by atoms with Crippen LogP contribution in [0.1, 0.15) is 22.6 Å². The van der Waals surface area contributed by atoms with Gasteiger partial charge in [-0.25, -0.2) is 0 Å². The molecule has 0 saturated heterocycles. The fraction of sp³-hybridized carbons (Fsp3) is 0.474. The Labute approximate surface area is 149 Å². The van der Waals surface area contributed by atoms with Gasteiger partial charge in [0.2, 0.25) is 0 Å². The number of fused-ring (bicyclic) bond motifs is 1. The summed E-state index contributed by atoms with van der Waals surface area (Å²) in [7, 11) is 6.23. The highest BCUT2D eigenvalue weighted by Crippen LogP contribution is 2.18. The molecule has 1 amide bonds. The number of aromatic nitrogens is 2. The van der Waals surface area contributed by atoms with Crippen molar-refractivity contribution < 1.29 is 4.79 Å². The van der Waals surface area contributed by atoms with Crippen LogP contribution in [0.25, 0.3) is 0 Å². The van der Waals surface area contributed by atoms with Crippen molar-refractivity contribution in [2.75, 3.05) is 39.1 Å². The molecule has 0 spiro atoms. The first-order valence-electron chi connectivity index (χ1n) is 8.82. The Morgan fingerprint density at radius 2 is 2.04 bits per heavy atom. The molecule has 25 heavy (non-hydrogen) atoms. The maximum Gasteiger partial charge on any atom is 0.271 e. The van der Waals surface area contributed by atoms with Crippen molar-refractivity contribution in [2.45, 2.75) is 25.4 Å². The minimum Gasteiger partial charge on any atom is -0.375 e. The Morgan fingerprint density at radius 3 is 2.72 bits per heavy atom. The molecule has 0 bridgehead atoms. The molecule has 1 N–H and O–H groups in total. The van der Waals surface area contributed by atoms with Gasteiger partial charge in [-0.2, -0.15) is 5.10 Å². The van der Waals surface area contributed by atoms with Gasteiger partial charge in [0.25, 0.3) is 5.91 Å². The third-order valence-electron chi connectivity index (χ3n) is 4.81. The highest BCUT2D eigenvalue weighted by atomic mass is 16.1. The van der Waals surface area contributed by atoms with Crippen LogP contribution in [0.5, 0.6) is 0 Å². The van der Waals surface area contributed by atoms with Crippen LogP contribution in [0.4, 0.5) is 5.69 Å². The monoisotopic (exact) mass is 341 g/mol. The van der Waals surface area contributed by atoms with E-state index >= 15 is 0 Å². The predicted molar refractivity (Wildman–Crippen MR) is 100 cm³/mol. The van der Waals surface area contributed by atoms with Gasteiger partial charge in [-0.05, 0) is 38.7 Å². The van der Waals surface area contributed by atoms with Crippen molar-refractivity contribution in [3.63, 3.8) is 0 Å². The molecule has 0 aliphatic carbocycles. The number of benzene rings is 1. The molecule has 1 aromatic carbocycles. The zero-order valence-electron chi connectivity index (χ0n) is 15.3. The number of amides is 1. The molecular weight excluding hydrogens is 314 g/mol. The topological polar surface area (TPSA) is 53.4 Å². The fourth-order valence-corrected chi connectivity index (χ4v) is 3.16. The van der Waals surface area contributed by atoms with E-state index in [0.29, 0.717) is 18.3 Å². The second-order valence-electron chi connectivity index (χ2n) is 6.89. The molecule has 1 atom stereocenters. The van der Waals surface area contributed by atoms with Crippen LogP contribution in [-0.4, -0.2) is 60.9 Å². The number of rotatable bonds is 7. The summed E-state index contributed by atoms with van der Waals surface area (Å²) in [5.41, 5.74) is 2.87. The van der Waals surface area contributed by atoms with E-state index in [-0.39, 0.29) is 5.91 Å². The lowest BCUT2D eigenvalue weighted by Gasteiger charge is -2.19. The number of nitrogens with one attached hydrogen (secondary N) is 1. The molecule has 6 heteroatoms. The smallest absolute Gasteiger partial charge is 0.271 e. The van der Waals surface area contributed by atoms with E-state index in [1.165, 1.54) is 5.69 Å². The Balaban J connectivity index is 1.43. The summed E-state index contributed by atoms with van der Waals surface area (Å²) in [5.74, 6) is -0.0781. The Bertz CT molecular complexity index is 686. The second kappa shape index (κ2) is 7.70. The number of nitrogens with zero attached hydrogens (tertiary/aromatic N) is 4. The predicted octanol–water partition coefficient (Wildman–Crippen LogP) is 1.63. The van der Waals surface area contributed by atoms with Gasteiger partial charge < -0.3 is 15.1 Å². The first-order valence-corrected chi connectivity index (χ1v) is 8.82. The van der Waals surface area contributed by atoms with E-state index in [4.69, 9.17) is 0 Å². The summed E-state index contributed by atoms with van der Waals surface area (Å²) in [5, 5.41) is 7.43. The zero-order valence-corrected chi connectivity index (χ0v) is 15.3. The van der Waals surface area contributed by atoms with Crippen molar-refractivity contribution in [1.29, 1.82) is 0 Å². The lowest BCUT2D eigenvalue weighted by atomic mass is 10.2. The lowest BCUT2D eigenvalue weighted by molar-refractivity contribution is 0.0947. The standard InChI is InChI=1S/C19H27N5O/c1-22(2)17-12-16-13-18(21-24(16)14-17)19(25)20-10-7-11-23(3)15-8-5-4-6-9-15/h4-6,8-9,13,17H,7,10-12,14H2,1-3H3,(H,20,25)/t17-/m0/s1. The molecule has 6 nitrogen and oxygen atoms in total. The van der Waals surface area contributed by atoms with Crippen LogP contribution in [0.3, 0.4) is 0 Å². The van der Waals surface area contributed by atoms with Crippen LogP contribution in [0, 0.1) is 0 Å². The maximum absolute atomic E-state index is 12.3. The average molecular weight is 341 g/mol. The van der Waals surface area contributed by atoms with Gasteiger partial charge in [-0.1, -0.05) is 18.2 Å². The molecular formula is C19H27N5O. The normalized spacial score (nSPS) is 16.1. The van der Waals surface area contributed by atoms with E-state index < -0.39 is 0 Å². The summed E-state index contributed by atoms with van der Waals surface area (Å²) in [4.78, 5) is 16.7. The lowest BCUT2D eigenvalue weighted by Crippen LogP contribution is -2.30. The number of anilines is 1. The molecule has 0 fully saturated rings. The molecule has 2 aromatic rings. The Morgan fingerprint density at radius 1 is 1.28 bits per heavy atom. The minimum absolute atomic E-state index is 0.0781. The molecule has 0 saturated carbocycles. The van der Waals surface area contributed by atoms with Crippen molar-refractivity contribution in [2.24, 2.45) is 0 Å². The molecule has 1 aromatic heterocycles. The first-order chi connectivity index (χ1) is 12.0. The van der Waals surface area contributed by atoms with Gasteiger partial charge >= 0.3 is 0 Å². The summed E-state index contributed by atoms with van der Waals surface area (Å²) in [6.45, 7) is 2.41. The van der Waals surface area contributed by atoms with E-state index in [1.54, 1.807) is 0 Å². The average Bonchev–Trinajstić information content (AvgIpc) is 3.18. The van der Waals surface area contributed by atoms with Crippen molar-refractivity contribution in [1.82, 2.24) is 20.0 Å². The quantitative estimate of drug-likeness (QED) is 0.778. The minimum atomic E-state index is -0.0781. The van der Waals surface area contributed by atoms with Gasteiger partial charge in [0.05, 0.1) is 6.54 Å². The molecule has 3 rings (SSSR count). The van der Waals surface area contributed by atoms with Gasteiger partial charge in [-0.3, -0.25) is 9.48 Å². The van der Waals surface area contributed by atoms with E-state index in [9.17, 15) is 4.79 Å². The third-order valence-corrected chi connectivity index (χ3v) is 4.81. The van der Waals surface area contributed by atoms with Crippen LogP contribution in [0.15, 0.2) is 36.4 Å². The molecule has 0 unspecified atom stereocenters. The van der Waals surface area contributed by atoms with Crippen LogP contribution < -0.4 is 10.2 Å². The number of para-hydroxylation sites is 1. The summed E-state index contributed by atoms with van der Waals surface area (Å²) in [6.07, 6.45) is 1.85. The van der Waals surface area contributed by atoms with Crippen molar-refractivity contribution in [3.8, 4) is 0 Å². The van der Waals surface area contributed by atoms with Gasteiger partial charge in [-0.15, -0.1) is 0 Å². The number of carbonyl (C=O) groups excluding carboxylic acids is 1. The van der Waals surface area contributed by atoms with E-state index in [0.717, 1.165) is 31.6 Å². The number of hydrogen-bond donors (Lipinski definition) is 1. The molecule has 0 radical (unpaired) electrons. The van der Waals surface area contributed by atoms with E-state index in [2.05, 4.69) is 53.5 Å². The molecule has 1 aliphatic heterocycles. The maximum atomic E-state index is 12.3. The van der Waals surface area contributed by atoms with Crippen LogP contribution in [0.2, 0.25) is 0 Å². The molecule has 1 aliphatic rings. The Hall–Kier alpha value is -2.34. The van der Waals surface area contributed by atoms with Gasteiger partial charge in [0.1, 0.15) is 5.69 Å². The van der Waals surface area contributed by atoms with Crippen LogP contribution >= 0.6 is 0 Å². The third kappa shape index (κ3) is 4.20. The second-order valence-corrected chi connectivity index (χ2v) is 6.89. The summed E-state index contributed by atoms with van der Waals surface area (Å²) < 4.78 is 1.96. The summed E-state index contributed by atoms with van der Waals surface area (Å²) >= 11 is 0. The zero-order chi connectivity index (χ0) is 17.8. The fourth-order valence-electron chi connectivity index (χ4n) is 3.16. The largest absolute Gasteiger partial charge is 0.375 e. The SMILES string of the molecule is CN(CCCNC(=O)c1cc2n(n1)C[C@@H](N(C)C)C2)c1ccccc1. The van der Waals surface area contributed by atoms with Gasteiger partial charge in [0.15, 0.2) is 0 Å². The van der Waals surface area contributed by atoms with Crippen molar-refractivity contribution >= 4 is 11.6 Å². The van der Waals surface area contributed by atoms with E-state index in [1.807, 2.05) is 28.9 Å². The summed E-state index contributed by atoms with van der Waals surface area (Å²) in [6, 6.07) is 12.7. The van der Waals surface area contributed by atoms with Crippen LogP contribution in [-0.2, 0) is 13.0 Å².